The van der Waals surface area contributed by atoms with E-state index in [2.05, 4.69) is 74.6 Å². The summed E-state index contributed by atoms with van der Waals surface area (Å²) in [6.45, 7) is 3.62. The van der Waals surface area contributed by atoms with Gasteiger partial charge in [0.15, 0.2) is 6.10 Å². The molecule has 0 aliphatic heterocycles. The van der Waals surface area contributed by atoms with E-state index in [9.17, 15) is 19.0 Å². The Morgan fingerprint density at radius 2 is 0.885 bits per heavy atom. The number of esters is 2. The SMILES string of the molecule is CCCCC/C=C\C/C=C\C/C=C\C/C=C\C/C=C\CCC(=O)OC[C@H](COP(=O)(O)OCCN)OC(=O)CCCCCCCCCCCCC/C=C\CCCCCCCC. The van der Waals surface area contributed by atoms with Crippen molar-refractivity contribution in [1.29, 1.82) is 0 Å². The van der Waals surface area contributed by atoms with Gasteiger partial charge in [-0.25, -0.2) is 4.57 Å². The molecular weight excluding hydrogens is 786 g/mol. The van der Waals surface area contributed by atoms with Crippen LogP contribution in [0.5, 0.6) is 0 Å². The van der Waals surface area contributed by atoms with Crippen LogP contribution in [0.2, 0.25) is 0 Å². The molecule has 0 saturated heterocycles. The zero-order chi connectivity index (χ0) is 44.6. The third-order valence-electron chi connectivity index (χ3n) is 10.1. The van der Waals surface area contributed by atoms with E-state index in [1.54, 1.807) is 0 Å². The maximum Gasteiger partial charge on any atom is 0.472 e. The largest absolute Gasteiger partial charge is 0.472 e. The van der Waals surface area contributed by atoms with Gasteiger partial charge in [-0.2, -0.15) is 0 Å². The van der Waals surface area contributed by atoms with Gasteiger partial charge in [0.05, 0.1) is 13.2 Å². The minimum absolute atomic E-state index is 0.0413. The standard InChI is InChI=1S/C51H90NO8P/c1-3-5-7-9-11-13-15-17-19-21-23-24-26-28-30-32-34-36-38-40-42-44-51(54)60-49(48-59-61(55,56)58-46-45-52)47-57-50(53)43-41-39-37-35-33-31-29-27-25-22-20-18-16-14-12-10-8-6-4-2/h12,14,17-20,25,27,31,33,37,39,49H,3-11,13,15-16,21-24,26,28-30,32,34-36,38,40-48,52H2,1-2H3,(H,55,56)/b14-12-,19-17-,20-18-,27-25-,33-31-,39-37-/t49-/m1/s1. The molecule has 3 N–H and O–H groups in total. The van der Waals surface area contributed by atoms with Crippen molar-refractivity contribution in [3.63, 3.8) is 0 Å². The molecule has 0 radical (unpaired) electrons. The monoisotopic (exact) mass is 876 g/mol. The minimum Gasteiger partial charge on any atom is -0.462 e. The quantitative estimate of drug-likeness (QED) is 0.0265. The average molecular weight is 876 g/mol. The number of carbonyl (C=O) groups excluding carboxylic acids is 2. The number of carbonyl (C=O) groups is 2. The highest BCUT2D eigenvalue weighted by atomic mass is 31.2. The Labute approximate surface area is 373 Å². The lowest BCUT2D eigenvalue weighted by Gasteiger charge is -2.19. The summed E-state index contributed by atoms with van der Waals surface area (Å²) in [4.78, 5) is 35.0. The molecule has 0 fully saturated rings. The van der Waals surface area contributed by atoms with E-state index in [-0.39, 0.29) is 32.6 Å². The van der Waals surface area contributed by atoms with Gasteiger partial charge in [0.2, 0.25) is 0 Å². The number of phosphoric ester groups is 1. The van der Waals surface area contributed by atoms with Crippen molar-refractivity contribution in [1.82, 2.24) is 0 Å². The average Bonchev–Trinajstić information content (AvgIpc) is 3.25. The third-order valence-corrected chi connectivity index (χ3v) is 11.1. The first kappa shape index (κ1) is 58.5. The van der Waals surface area contributed by atoms with Crippen LogP contribution in [-0.2, 0) is 32.7 Å². The van der Waals surface area contributed by atoms with E-state index >= 15 is 0 Å². The molecular formula is C51H90NO8P. The summed E-state index contributed by atoms with van der Waals surface area (Å²) in [5.41, 5.74) is 5.36. The van der Waals surface area contributed by atoms with E-state index in [4.69, 9.17) is 24.3 Å². The summed E-state index contributed by atoms with van der Waals surface area (Å²) in [7, 11) is -4.40. The first-order chi connectivity index (χ1) is 29.8. The Morgan fingerprint density at radius 3 is 1.38 bits per heavy atom. The van der Waals surface area contributed by atoms with Gasteiger partial charge < -0.3 is 20.1 Å². The van der Waals surface area contributed by atoms with Crippen LogP contribution in [0.1, 0.15) is 206 Å². The Morgan fingerprint density at radius 1 is 0.492 bits per heavy atom. The lowest BCUT2D eigenvalue weighted by atomic mass is 10.0. The number of ether oxygens (including phenoxy) is 2. The number of unbranched alkanes of at least 4 members (excludes halogenated alkanes) is 20. The lowest BCUT2D eigenvalue weighted by Crippen LogP contribution is -2.29. The molecule has 0 spiro atoms. The molecule has 0 aromatic rings. The molecule has 2 atom stereocenters. The molecule has 0 aliphatic rings. The predicted molar refractivity (Wildman–Crippen MR) is 256 cm³/mol. The predicted octanol–water partition coefficient (Wildman–Crippen LogP) is 14.6. The zero-order valence-corrected chi connectivity index (χ0v) is 39.8. The Bertz CT molecular complexity index is 1230. The number of phosphoric acid groups is 1. The summed E-state index contributed by atoms with van der Waals surface area (Å²) in [6.07, 6.45) is 58.1. The molecule has 10 heteroatoms. The molecule has 0 amide bonds. The van der Waals surface area contributed by atoms with Gasteiger partial charge in [0.25, 0.3) is 0 Å². The van der Waals surface area contributed by atoms with Crippen LogP contribution in [0.25, 0.3) is 0 Å². The van der Waals surface area contributed by atoms with Crippen molar-refractivity contribution >= 4 is 19.8 Å². The molecule has 352 valence electrons. The fourth-order valence-corrected chi connectivity index (χ4v) is 7.20. The molecule has 0 rings (SSSR count). The fourth-order valence-electron chi connectivity index (χ4n) is 6.44. The van der Waals surface area contributed by atoms with Crippen LogP contribution in [0.4, 0.5) is 0 Å². The molecule has 0 saturated carbocycles. The van der Waals surface area contributed by atoms with Gasteiger partial charge in [0.1, 0.15) is 6.61 Å². The lowest BCUT2D eigenvalue weighted by molar-refractivity contribution is -0.161. The number of rotatable bonds is 45. The Hall–Kier alpha value is -2.55. The van der Waals surface area contributed by atoms with Crippen molar-refractivity contribution in [2.24, 2.45) is 5.73 Å². The normalized spacial score (nSPS) is 13.8. The van der Waals surface area contributed by atoms with Gasteiger partial charge in [-0.1, -0.05) is 189 Å². The third kappa shape index (κ3) is 46.8. The number of hydrogen-bond donors (Lipinski definition) is 2. The summed E-state index contributed by atoms with van der Waals surface area (Å²) in [5.74, 6) is -0.926. The highest BCUT2D eigenvalue weighted by molar-refractivity contribution is 7.47. The molecule has 0 bridgehead atoms. The molecule has 61 heavy (non-hydrogen) atoms. The van der Waals surface area contributed by atoms with Crippen LogP contribution >= 0.6 is 7.82 Å². The number of hydrogen-bond acceptors (Lipinski definition) is 8. The van der Waals surface area contributed by atoms with Crippen molar-refractivity contribution in [3.8, 4) is 0 Å². The molecule has 1 unspecified atom stereocenters. The van der Waals surface area contributed by atoms with E-state index in [0.29, 0.717) is 12.8 Å². The van der Waals surface area contributed by atoms with E-state index in [0.717, 1.165) is 44.9 Å². The number of nitrogens with two attached hydrogens (primary N) is 1. The van der Waals surface area contributed by atoms with Gasteiger partial charge >= 0.3 is 19.8 Å². The van der Waals surface area contributed by atoms with Crippen LogP contribution in [0.3, 0.4) is 0 Å². The fraction of sp³-hybridized carbons (Fsp3) is 0.725. The Balaban J connectivity index is 4.19. The second-order valence-electron chi connectivity index (χ2n) is 16.0. The summed E-state index contributed by atoms with van der Waals surface area (Å²) < 4.78 is 32.8. The smallest absolute Gasteiger partial charge is 0.462 e. The second kappa shape index (κ2) is 46.9. The Kier molecular flexibility index (Phi) is 45.0. The van der Waals surface area contributed by atoms with Gasteiger partial charge in [0, 0.05) is 19.4 Å². The zero-order valence-electron chi connectivity index (χ0n) is 38.9. The summed E-state index contributed by atoms with van der Waals surface area (Å²) in [5, 5.41) is 0. The topological polar surface area (TPSA) is 134 Å². The van der Waals surface area contributed by atoms with Gasteiger partial charge in [-0.05, 0) is 77.0 Å². The summed E-state index contributed by atoms with van der Waals surface area (Å²) in [6, 6.07) is 0. The minimum atomic E-state index is -4.40. The summed E-state index contributed by atoms with van der Waals surface area (Å²) >= 11 is 0. The van der Waals surface area contributed by atoms with Crippen LogP contribution in [0.15, 0.2) is 72.9 Å². The highest BCUT2D eigenvalue weighted by Gasteiger charge is 2.26. The molecule has 0 aromatic heterocycles. The molecule has 0 aromatic carbocycles. The van der Waals surface area contributed by atoms with Crippen LogP contribution in [-0.4, -0.2) is 49.3 Å². The second-order valence-corrected chi connectivity index (χ2v) is 17.4. The first-order valence-electron chi connectivity index (χ1n) is 24.4. The van der Waals surface area contributed by atoms with Gasteiger partial charge in [-0.3, -0.25) is 18.6 Å². The number of allylic oxidation sites excluding steroid dienone is 12. The molecule has 9 nitrogen and oxygen atoms in total. The highest BCUT2D eigenvalue weighted by Crippen LogP contribution is 2.43. The first-order valence-corrected chi connectivity index (χ1v) is 25.9. The molecule has 0 aliphatic carbocycles. The van der Waals surface area contributed by atoms with Crippen molar-refractivity contribution in [3.05, 3.63) is 72.9 Å². The maximum atomic E-state index is 12.6. The van der Waals surface area contributed by atoms with Crippen molar-refractivity contribution < 1.29 is 37.6 Å². The van der Waals surface area contributed by atoms with E-state index in [1.807, 2.05) is 12.2 Å². The van der Waals surface area contributed by atoms with Crippen LogP contribution < -0.4 is 5.73 Å². The van der Waals surface area contributed by atoms with Crippen molar-refractivity contribution in [2.45, 2.75) is 213 Å². The maximum absolute atomic E-state index is 12.6. The van der Waals surface area contributed by atoms with E-state index < -0.39 is 32.5 Å². The van der Waals surface area contributed by atoms with Gasteiger partial charge in [-0.15, -0.1) is 0 Å². The molecule has 0 heterocycles. The van der Waals surface area contributed by atoms with Crippen LogP contribution in [0, 0.1) is 0 Å². The van der Waals surface area contributed by atoms with Crippen molar-refractivity contribution in [2.75, 3.05) is 26.4 Å². The van der Waals surface area contributed by atoms with E-state index in [1.165, 1.54) is 122 Å².